The Labute approximate surface area is 175 Å². The number of carbonyl (C=O) groups excluding carboxylic acids is 1. The third-order valence-electron chi connectivity index (χ3n) is 5.32. The van der Waals surface area contributed by atoms with Crippen molar-refractivity contribution in [2.24, 2.45) is 7.05 Å². The predicted octanol–water partition coefficient (Wildman–Crippen LogP) is 3.01. The maximum Gasteiger partial charge on any atom is 0.316 e. The molecule has 0 saturated heterocycles. The standard InChI is InChI=1S/C22H25N5O3/c1-27-19(14-18(26-27)17-6-3-4-7-20(17)29-2)21(28)25-15-8-10-16(11-9-15)30-22-23-12-5-13-24-22/h3-7,12-16H,8-11H2,1-2H3,(H,25,28). The lowest BCUT2D eigenvalue weighted by molar-refractivity contribution is 0.0876. The van der Waals surface area contributed by atoms with Crippen molar-refractivity contribution in [1.29, 1.82) is 0 Å². The number of ether oxygens (including phenoxy) is 2. The third kappa shape index (κ3) is 4.42. The molecule has 0 aliphatic heterocycles. The molecule has 0 spiro atoms. The van der Waals surface area contributed by atoms with Crippen LogP contribution in [0.1, 0.15) is 36.2 Å². The number of aryl methyl sites for hydroxylation is 1. The van der Waals surface area contributed by atoms with Gasteiger partial charge in [-0.2, -0.15) is 5.10 Å². The van der Waals surface area contributed by atoms with Crippen LogP contribution in [0.5, 0.6) is 11.8 Å². The average molecular weight is 407 g/mol. The molecule has 3 aromatic rings. The molecule has 156 valence electrons. The molecule has 1 aliphatic rings. The highest BCUT2D eigenvalue weighted by Crippen LogP contribution is 2.29. The lowest BCUT2D eigenvalue weighted by Crippen LogP contribution is -2.40. The molecule has 2 aromatic heterocycles. The lowest BCUT2D eigenvalue weighted by atomic mass is 9.93. The van der Waals surface area contributed by atoms with Crippen LogP contribution >= 0.6 is 0 Å². The van der Waals surface area contributed by atoms with Gasteiger partial charge in [0.2, 0.25) is 0 Å². The largest absolute Gasteiger partial charge is 0.496 e. The van der Waals surface area contributed by atoms with Gasteiger partial charge < -0.3 is 14.8 Å². The van der Waals surface area contributed by atoms with E-state index in [0.29, 0.717) is 17.4 Å². The molecular formula is C22H25N5O3. The Morgan fingerprint density at radius 1 is 1.10 bits per heavy atom. The molecule has 8 heteroatoms. The van der Waals surface area contributed by atoms with Gasteiger partial charge in [-0.25, -0.2) is 9.97 Å². The molecular weight excluding hydrogens is 382 g/mol. The second kappa shape index (κ2) is 8.94. The highest BCUT2D eigenvalue weighted by Gasteiger charge is 2.26. The number of benzene rings is 1. The maximum absolute atomic E-state index is 12.9. The highest BCUT2D eigenvalue weighted by atomic mass is 16.5. The second-order valence-corrected chi connectivity index (χ2v) is 7.34. The summed E-state index contributed by atoms with van der Waals surface area (Å²) in [4.78, 5) is 21.1. The van der Waals surface area contributed by atoms with Crippen molar-refractivity contribution >= 4 is 5.91 Å². The van der Waals surface area contributed by atoms with Crippen LogP contribution in [0.15, 0.2) is 48.8 Å². The van der Waals surface area contributed by atoms with Crippen LogP contribution in [0.25, 0.3) is 11.3 Å². The molecule has 1 fully saturated rings. The van der Waals surface area contributed by atoms with Crippen LogP contribution in [-0.2, 0) is 7.05 Å². The number of rotatable bonds is 6. The van der Waals surface area contributed by atoms with Gasteiger partial charge in [-0.15, -0.1) is 0 Å². The maximum atomic E-state index is 12.9. The number of amides is 1. The minimum atomic E-state index is -0.123. The summed E-state index contributed by atoms with van der Waals surface area (Å²) in [6, 6.07) is 11.7. The summed E-state index contributed by atoms with van der Waals surface area (Å²) in [5, 5.41) is 7.64. The molecule has 8 nitrogen and oxygen atoms in total. The van der Waals surface area contributed by atoms with E-state index >= 15 is 0 Å². The molecule has 1 aliphatic carbocycles. The fraction of sp³-hybridized carbons (Fsp3) is 0.364. The Kier molecular flexibility index (Phi) is 5.92. The Bertz CT molecular complexity index is 997. The van der Waals surface area contributed by atoms with Gasteiger partial charge in [0.15, 0.2) is 0 Å². The van der Waals surface area contributed by atoms with Crippen molar-refractivity contribution in [1.82, 2.24) is 25.1 Å². The molecule has 1 saturated carbocycles. The zero-order chi connectivity index (χ0) is 20.9. The van der Waals surface area contributed by atoms with Gasteiger partial charge in [0.1, 0.15) is 17.5 Å². The van der Waals surface area contributed by atoms with Gasteiger partial charge in [-0.3, -0.25) is 9.48 Å². The molecule has 2 heterocycles. The molecule has 30 heavy (non-hydrogen) atoms. The highest BCUT2D eigenvalue weighted by molar-refractivity contribution is 5.94. The van der Waals surface area contributed by atoms with Crippen molar-refractivity contribution < 1.29 is 14.3 Å². The number of hydrogen-bond donors (Lipinski definition) is 1. The van der Waals surface area contributed by atoms with E-state index in [1.165, 1.54) is 0 Å². The Hall–Kier alpha value is -3.42. The lowest BCUT2D eigenvalue weighted by Gasteiger charge is -2.28. The number of aromatic nitrogens is 4. The summed E-state index contributed by atoms with van der Waals surface area (Å²) in [5.74, 6) is 0.602. The van der Waals surface area contributed by atoms with Gasteiger partial charge in [0.25, 0.3) is 5.91 Å². The van der Waals surface area contributed by atoms with Gasteiger partial charge in [-0.05, 0) is 49.9 Å². The first kappa shape index (κ1) is 19.9. The molecule has 0 unspecified atom stereocenters. The summed E-state index contributed by atoms with van der Waals surface area (Å²) in [6.07, 6.45) is 6.81. The van der Waals surface area contributed by atoms with Gasteiger partial charge in [-0.1, -0.05) is 12.1 Å². The second-order valence-electron chi connectivity index (χ2n) is 7.34. The molecule has 1 amide bonds. The average Bonchev–Trinajstić information content (AvgIpc) is 3.17. The summed E-state index contributed by atoms with van der Waals surface area (Å²) in [7, 11) is 3.40. The topological polar surface area (TPSA) is 91.2 Å². The van der Waals surface area contributed by atoms with Crippen LogP contribution in [0, 0.1) is 0 Å². The fourth-order valence-electron chi connectivity index (χ4n) is 3.75. The van der Waals surface area contributed by atoms with E-state index in [0.717, 1.165) is 37.0 Å². The number of methoxy groups -OCH3 is 1. The van der Waals surface area contributed by atoms with Gasteiger partial charge >= 0.3 is 6.01 Å². The van der Waals surface area contributed by atoms with E-state index in [-0.39, 0.29) is 18.1 Å². The van der Waals surface area contributed by atoms with Crippen LogP contribution < -0.4 is 14.8 Å². The van der Waals surface area contributed by atoms with Crippen LogP contribution in [-0.4, -0.2) is 44.9 Å². The zero-order valence-electron chi connectivity index (χ0n) is 17.1. The predicted molar refractivity (Wildman–Crippen MR) is 111 cm³/mol. The minimum Gasteiger partial charge on any atom is -0.496 e. The Morgan fingerprint density at radius 3 is 2.57 bits per heavy atom. The smallest absolute Gasteiger partial charge is 0.316 e. The van der Waals surface area contributed by atoms with E-state index in [1.807, 2.05) is 24.3 Å². The third-order valence-corrected chi connectivity index (χ3v) is 5.32. The van der Waals surface area contributed by atoms with Crippen LogP contribution in [0.2, 0.25) is 0 Å². The summed E-state index contributed by atoms with van der Waals surface area (Å²) >= 11 is 0. The first-order valence-corrected chi connectivity index (χ1v) is 10.1. The van der Waals surface area contributed by atoms with E-state index in [4.69, 9.17) is 9.47 Å². The number of nitrogens with zero attached hydrogens (tertiary/aromatic N) is 4. The van der Waals surface area contributed by atoms with E-state index in [2.05, 4.69) is 20.4 Å². The molecule has 4 rings (SSSR count). The molecule has 1 N–H and O–H groups in total. The van der Waals surface area contributed by atoms with E-state index in [9.17, 15) is 4.79 Å². The van der Waals surface area contributed by atoms with Crippen LogP contribution in [0.4, 0.5) is 0 Å². The van der Waals surface area contributed by atoms with E-state index < -0.39 is 0 Å². The monoisotopic (exact) mass is 407 g/mol. The summed E-state index contributed by atoms with van der Waals surface area (Å²) in [5.41, 5.74) is 2.09. The van der Waals surface area contributed by atoms with E-state index in [1.54, 1.807) is 43.4 Å². The number of para-hydroxylation sites is 1. The van der Waals surface area contributed by atoms with Gasteiger partial charge in [0, 0.05) is 31.0 Å². The number of nitrogens with one attached hydrogen (secondary N) is 1. The first-order chi connectivity index (χ1) is 14.6. The molecule has 0 radical (unpaired) electrons. The molecule has 0 atom stereocenters. The van der Waals surface area contributed by atoms with Crippen molar-refractivity contribution in [3.8, 4) is 23.0 Å². The van der Waals surface area contributed by atoms with Crippen molar-refractivity contribution in [2.45, 2.75) is 37.8 Å². The van der Waals surface area contributed by atoms with Crippen LogP contribution in [0.3, 0.4) is 0 Å². The normalized spacial score (nSPS) is 18.6. The van der Waals surface area contributed by atoms with Crippen molar-refractivity contribution in [3.63, 3.8) is 0 Å². The quantitative estimate of drug-likeness (QED) is 0.675. The van der Waals surface area contributed by atoms with Crippen molar-refractivity contribution in [2.75, 3.05) is 7.11 Å². The molecule has 1 aromatic carbocycles. The summed E-state index contributed by atoms with van der Waals surface area (Å²) < 4.78 is 12.8. The minimum absolute atomic E-state index is 0.0782. The summed E-state index contributed by atoms with van der Waals surface area (Å²) in [6.45, 7) is 0. The number of hydrogen-bond acceptors (Lipinski definition) is 6. The fourth-order valence-corrected chi connectivity index (χ4v) is 3.75. The van der Waals surface area contributed by atoms with Crippen molar-refractivity contribution in [3.05, 3.63) is 54.5 Å². The Morgan fingerprint density at radius 2 is 1.83 bits per heavy atom. The SMILES string of the molecule is COc1ccccc1-c1cc(C(=O)NC2CCC(Oc3ncccn3)CC2)n(C)n1. The Balaban J connectivity index is 1.36. The zero-order valence-corrected chi connectivity index (χ0v) is 17.1. The molecule has 0 bridgehead atoms. The number of carbonyl (C=O) groups is 1. The van der Waals surface area contributed by atoms with Gasteiger partial charge in [0.05, 0.1) is 12.8 Å². The first-order valence-electron chi connectivity index (χ1n) is 10.1.